The number of hydrogen-bond acceptors (Lipinski definition) is 3. The first-order valence-electron chi connectivity index (χ1n) is 6.70. The molecular formula is C16H19BrN2O. The van der Waals surface area contributed by atoms with E-state index in [1.807, 2.05) is 37.3 Å². The fourth-order valence-corrected chi connectivity index (χ4v) is 2.25. The van der Waals surface area contributed by atoms with Crippen LogP contribution in [0.4, 0.5) is 0 Å². The Bertz CT molecular complexity index is 560. The largest absolute Gasteiger partial charge is 0.484 e. The van der Waals surface area contributed by atoms with Crippen LogP contribution in [0.25, 0.3) is 0 Å². The quantitative estimate of drug-likeness (QED) is 0.898. The van der Waals surface area contributed by atoms with Crippen molar-refractivity contribution in [2.24, 2.45) is 5.73 Å². The molecule has 1 heterocycles. The number of pyridine rings is 1. The Kier molecular flexibility index (Phi) is 5.15. The average Bonchev–Trinajstić information content (AvgIpc) is 2.48. The summed E-state index contributed by atoms with van der Waals surface area (Å²) in [5, 5.41) is 0. The molecule has 0 aliphatic rings. The maximum atomic E-state index is 6.21. The number of ether oxygens (including phenoxy) is 1. The van der Waals surface area contributed by atoms with Gasteiger partial charge in [-0.25, -0.2) is 0 Å². The minimum atomic E-state index is -0.163. The molecule has 0 saturated heterocycles. The summed E-state index contributed by atoms with van der Waals surface area (Å²) < 4.78 is 7.19. The Hall–Kier alpha value is -1.39. The Balaban J connectivity index is 2.26. The fraction of sp³-hybridized carbons (Fsp3) is 0.312. The summed E-state index contributed by atoms with van der Waals surface area (Å²) in [5.41, 5.74) is 8.40. The summed E-state index contributed by atoms with van der Waals surface area (Å²) in [5.74, 6) is 0.830. The van der Waals surface area contributed by atoms with E-state index >= 15 is 0 Å². The van der Waals surface area contributed by atoms with Gasteiger partial charge in [0.15, 0.2) is 0 Å². The summed E-state index contributed by atoms with van der Waals surface area (Å²) in [7, 11) is 0. The summed E-state index contributed by atoms with van der Waals surface area (Å²) in [4.78, 5) is 4.04. The van der Waals surface area contributed by atoms with Crippen LogP contribution in [0.15, 0.2) is 47.2 Å². The molecule has 0 aliphatic heterocycles. The lowest BCUT2D eigenvalue weighted by molar-refractivity contribution is 0.171. The zero-order valence-corrected chi connectivity index (χ0v) is 13.3. The predicted octanol–water partition coefficient (Wildman–Crippen LogP) is 4.01. The molecule has 2 unspecified atom stereocenters. The maximum absolute atomic E-state index is 6.21. The molecule has 0 fully saturated rings. The first-order chi connectivity index (χ1) is 9.61. The number of aromatic nitrogens is 1. The molecule has 0 saturated carbocycles. The molecule has 1 aromatic carbocycles. The number of nitrogens with two attached hydrogens (primary N) is 1. The van der Waals surface area contributed by atoms with Crippen LogP contribution < -0.4 is 10.5 Å². The summed E-state index contributed by atoms with van der Waals surface area (Å²) in [6.45, 7) is 4.10. The highest BCUT2D eigenvalue weighted by Gasteiger charge is 2.20. The van der Waals surface area contributed by atoms with Crippen molar-refractivity contribution >= 4 is 15.9 Å². The number of aryl methyl sites for hydroxylation is 1. The molecule has 2 atom stereocenters. The SMILES string of the molecule is CCC(N)C(Oc1ccc(Br)c(C)c1)c1ccncc1. The van der Waals surface area contributed by atoms with Crippen molar-refractivity contribution in [2.75, 3.05) is 0 Å². The van der Waals surface area contributed by atoms with Crippen LogP contribution in [0.5, 0.6) is 5.75 Å². The van der Waals surface area contributed by atoms with E-state index in [9.17, 15) is 0 Å². The number of halogens is 1. The summed E-state index contributed by atoms with van der Waals surface area (Å²) in [6.07, 6.45) is 4.22. The van der Waals surface area contributed by atoms with Gasteiger partial charge in [0.1, 0.15) is 11.9 Å². The van der Waals surface area contributed by atoms with Gasteiger partial charge in [0.05, 0.1) is 0 Å². The maximum Gasteiger partial charge on any atom is 0.139 e. The topological polar surface area (TPSA) is 48.1 Å². The van der Waals surface area contributed by atoms with Crippen LogP contribution in [0.1, 0.15) is 30.6 Å². The highest BCUT2D eigenvalue weighted by Crippen LogP contribution is 2.28. The van der Waals surface area contributed by atoms with Gasteiger partial charge in [-0.2, -0.15) is 0 Å². The molecule has 2 rings (SSSR count). The van der Waals surface area contributed by atoms with E-state index in [4.69, 9.17) is 10.5 Å². The predicted molar refractivity (Wildman–Crippen MR) is 84.8 cm³/mol. The second-order valence-electron chi connectivity index (χ2n) is 4.80. The van der Waals surface area contributed by atoms with E-state index in [1.165, 1.54) is 0 Å². The van der Waals surface area contributed by atoms with Gasteiger partial charge in [0, 0.05) is 22.9 Å². The molecule has 0 spiro atoms. The molecule has 106 valence electrons. The minimum absolute atomic E-state index is 0.0543. The first kappa shape index (κ1) is 15.0. The second kappa shape index (κ2) is 6.86. The second-order valence-corrected chi connectivity index (χ2v) is 5.66. The van der Waals surface area contributed by atoms with E-state index in [1.54, 1.807) is 12.4 Å². The van der Waals surface area contributed by atoms with Gasteiger partial charge in [-0.3, -0.25) is 4.98 Å². The van der Waals surface area contributed by atoms with Crippen molar-refractivity contribution in [3.63, 3.8) is 0 Å². The van der Waals surface area contributed by atoms with E-state index in [0.29, 0.717) is 0 Å². The molecule has 20 heavy (non-hydrogen) atoms. The van der Waals surface area contributed by atoms with Crippen LogP contribution >= 0.6 is 15.9 Å². The van der Waals surface area contributed by atoms with Gasteiger partial charge in [-0.05, 0) is 54.8 Å². The van der Waals surface area contributed by atoms with Gasteiger partial charge >= 0.3 is 0 Å². The Morgan fingerprint density at radius 2 is 1.95 bits per heavy atom. The van der Waals surface area contributed by atoms with Crippen molar-refractivity contribution in [2.45, 2.75) is 32.4 Å². The van der Waals surface area contributed by atoms with Crippen LogP contribution in [-0.4, -0.2) is 11.0 Å². The number of benzene rings is 1. The molecule has 2 aromatic rings. The van der Waals surface area contributed by atoms with E-state index in [0.717, 1.165) is 27.8 Å². The Labute approximate surface area is 128 Å². The lowest BCUT2D eigenvalue weighted by Gasteiger charge is -2.25. The van der Waals surface area contributed by atoms with Gasteiger partial charge in [-0.1, -0.05) is 22.9 Å². The molecule has 0 bridgehead atoms. The third-order valence-electron chi connectivity index (χ3n) is 3.29. The van der Waals surface area contributed by atoms with Crippen LogP contribution in [0.2, 0.25) is 0 Å². The molecule has 2 N–H and O–H groups in total. The molecule has 3 nitrogen and oxygen atoms in total. The summed E-state index contributed by atoms with van der Waals surface area (Å²) in [6, 6.07) is 9.80. The monoisotopic (exact) mass is 334 g/mol. The van der Waals surface area contributed by atoms with Crippen molar-refractivity contribution < 1.29 is 4.74 Å². The van der Waals surface area contributed by atoms with E-state index < -0.39 is 0 Å². The Morgan fingerprint density at radius 3 is 2.55 bits per heavy atom. The van der Waals surface area contributed by atoms with Gasteiger partial charge in [-0.15, -0.1) is 0 Å². The highest BCUT2D eigenvalue weighted by atomic mass is 79.9. The van der Waals surface area contributed by atoms with Gasteiger partial charge in [0.2, 0.25) is 0 Å². The normalized spacial score (nSPS) is 13.8. The molecule has 0 amide bonds. The molecule has 0 radical (unpaired) electrons. The van der Waals surface area contributed by atoms with Gasteiger partial charge in [0.25, 0.3) is 0 Å². The van der Waals surface area contributed by atoms with E-state index in [-0.39, 0.29) is 12.1 Å². The summed E-state index contributed by atoms with van der Waals surface area (Å²) >= 11 is 3.49. The third-order valence-corrected chi connectivity index (χ3v) is 4.18. The average molecular weight is 335 g/mol. The van der Waals surface area contributed by atoms with Gasteiger partial charge < -0.3 is 10.5 Å². The highest BCUT2D eigenvalue weighted by molar-refractivity contribution is 9.10. The van der Waals surface area contributed by atoms with Crippen molar-refractivity contribution in [3.05, 3.63) is 58.3 Å². The van der Waals surface area contributed by atoms with Crippen LogP contribution in [0, 0.1) is 6.92 Å². The minimum Gasteiger partial charge on any atom is -0.484 e. The fourth-order valence-electron chi connectivity index (χ4n) is 2.01. The molecule has 1 aromatic heterocycles. The molecule has 4 heteroatoms. The molecular weight excluding hydrogens is 316 g/mol. The van der Waals surface area contributed by atoms with Crippen molar-refractivity contribution in [3.8, 4) is 5.75 Å². The molecule has 0 aliphatic carbocycles. The number of nitrogens with zero attached hydrogens (tertiary/aromatic N) is 1. The number of hydrogen-bond donors (Lipinski definition) is 1. The number of rotatable bonds is 5. The smallest absolute Gasteiger partial charge is 0.139 e. The first-order valence-corrected chi connectivity index (χ1v) is 7.49. The van der Waals surface area contributed by atoms with Crippen molar-refractivity contribution in [1.82, 2.24) is 4.98 Å². The Morgan fingerprint density at radius 1 is 1.25 bits per heavy atom. The van der Waals surface area contributed by atoms with E-state index in [2.05, 4.69) is 27.8 Å². The standard InChI is InChI=1S/C16H19BrN2O/c1-3-15(18)16(12-6-8-19-9-7-12)20-13-4-5-14(17)11(2)10-13/h4-10,15-16H,3,18H2,1-2H3. The lowest BCUT2D eigenvalue weighted by Crippen LogP contribution is -2.31. The van der Waals surface area contributed by atoms with Crippen LogP contribution in [0.3, 0.4) is 0 Å². The van der Waals surface area contributed by atoms with Crippen molar-refractivity contribution in [1.29, 1.82) is 0 Å². The third kappa shape index (κ3) is 3.58. The van der Waals surface area contributed by atoms with Crippen LogP contribution in [-0.2, 0) is 0 Å². The zero-order valence-electron chi connectivity index (χ0n) is 11.7. The zero-order chi connectivity index (χ0) is 14.5. The lowest BCUT2D eigenvalue weighted by atomic mass is 10.0.